The summed E-state index contributed by atoms with van der Waals surface area (Å²) in [6, 6.07) is 12.1. The van der Waals surface area contributed by atoms with Gasteiger partial charge in [-0.3, -0.25) is 14.2 Å². The fourth-order valence-electron chi connectivity index (χ4n) is 2.33. The van der Waals surface area contributed by atoms with E-state index in [4.69, 9.17) is 4.74 Å². The highest BCUT2D eigenvalue weighted by atomic mass is 16.5. The van der Waals surface area contributed by atoms with Crippen molar-refractivity contribution in [2.45, 2.75) is 6.92 Å². The zero-order valence-corrected chi connectivity index (χ0v) is 12.0. The van der Waals surface area contributed by atoms with Crippen LogP contribution in [0, 0.1) is 0 Å². The van der Waals surface area contributed by atoms with E-state index < -0.39 is 5.97 Å². The summed E-state index contributed by atoms with van der Waals surface area (Å²) in [5.41, 5.74) is 1.54. The van der Waals surface area contributed by atoms with E-state index >= 15 is 0 Å². The molecule has 0 N–H and O–H groups in total. The summed E-state index contributed by atoms with van der Waals surface area (Å²) < 4.78 is 6.53. The molecule has 0 bridgehead atoms. The number of aromatic nitrogens is 2. The van der Waals surface area contributed by atoms with E-state index in [1.54, 1.807) is 61.8 Å². The van der Waals surface area contributed by atoms with Crippen LogP contribution in [0.1, 0.15) is 17.3 Å². The van der Waals surface area contributed by atoms with E-state index in [-0.39, 0.29) is 12.2 Å². The Morgan fingerprint density at radius 3 is 2.77 bits per heavy atom. The average Bonchev–Trinajstić information content (AvgIpc) is 2.56. The second-order valence-electron chi connectivity index (χ2n) is 4.67. The van der Waals surface area contributed by atoms with Gasteiger partial charge in [0, 0.05) is 12.4 Å². The largest absolute Gasteiger partial charge is 0.462 e. The molecule has 0 aliphatic carbocycles. The third-order valence-electron chi connectivity index (χ3n) is 3.31. The second-order valence-corrected chi connectivity index (χ2v) is 4.67. The first kappa shape index (κ1) is 14.0. The third-order valence-corrected chi connectivity index (χ3v) is 3.31. The number of esters is 1. The highest BCUT2D eigenvalue weighted by molar-refractivity contribution is 5.98. The van der Waals surface area contributed by atoms with E-state index in [0.29, 0.717) is 22.3 Å². The lowest BCUT2D eigenvalue weighted by Crippen LogP contribution is -2.19. The summed E-state index contributed by atoms with van der Waals surface area (Å²) in [5, 5.41) is 0. The molecule has 3 heterocycles. The Morgan fingerprint density at radius 1 is 1.23 bits per heavy atom. The summed E-state index contributed by atoms with van der Waals surface area (Å²) in [6.07, 6.45) is 3.24. The number of fused-ring (bicyclic) bond motifs is 1. The maximum Gasteiger partial charge on any atom is 0.340 e. The molecule has 110 valence electrons. The van der Waals surface area contributed by atoms with Crippen molar-refractivity contribution in [3.63, 3.8) is 0 Å². The van der Waals surface area contributed by atoms with Gasteiger partial charge < -0.3 is 4.74 Å². The zero-order chi connectivity index (χ0) is 15.5. The number of carbonyl (C=O) groups excluding carboxylic acids is 1. The molecule has 3 rings (SSSR count). The molecule has 5 heteroatoms. The molecule has 3 aromatic heterocycles. The predicted octanol–water partition coefficient (Wildman–Crippen LogP) is 2.54. The van der Waals surface area contributed by atoms with Gasteiger partial charge in [0.2, 0.25) is 0 Å². The van der Waals surface area contributed by atoms with Crippen LogP contribution in [0.5, 0.6) is 0 Å². The quantitative estimate of drug-likeness (QED) is 0.696. The van der Waals surface area contributed by atoms with Gasteiger partial charge >= 0.3 is 5.97 Å². The molecular formula is C17H14N2O3. The van der Waals surface area contributed by atoms with Crippen molar-refractivity contribution in [1.29, 1.82) is 0 Å². The number of rotatable bonds is 3. The van der Waals surface area contributed by atoms with Gasteiger partial charge in [0.05, 0.1) is 28.9 Å². The standard InChI is InChI=1S/C17H14N2O3/c1-2-22-17(21)13-11-12(14-7-3-5-9-18-14)16(20)19-10-6-4-8-15(13)19/h3-11H,2H2,1H3. The van der Waals surface area contributed by atoms with Crippen molar-refractivity contribution < 1.29 is 9.53 Å². The molecule has 0 saturated heterocycles. The molecule has 0 amide bonds. The van der Waals surface area contributed by atoms with Gasteiger partial charge in [-0.05, 0) is 37.3 Å². The number of carbonyl (C=O) groups is 1. The molecule has 5 nitrogen and oxygen atoms in total. The smallest absolute Gasteiger partial charge is 0.340 e. The number of hydrogen-bond acceptors (Lipinski definition) is 4. The highest BCUT2D eigenvalue weighted by Gasteiger charge is 2.17. The lowest BCUT2D eigenvalue weighted by molar-refractivity contribution is 0.0528. The summed E-state index contributed by atoms with van der Waals surface area (Å²) >= 11 is 0. The zero-order valence-electron chi connectivity index (χ0n) is 12.0. The molecule has 0 saturated carbocycles. The highest BCUT2D eigenvalue weighted by Crippen LogP contribution is 2.18. The molecule has 0 aliphatic heterocycles. The van der Waals surface area contributed by atoms with Gasteiger partial charge in [-0.25, -0.2) is 4.79 Å². The first-order valence-electron chi connectivity index (χ1n) is 6.95. The third kappa shape index (κ3) is 2.37. The van der Waals surface area contributed by atoms with Gasteiger partial charge in [0.25, 0.3) is 5.56 Å². The van der Waals surface area contributed by atoms with Crippen LogP contribution in [-0.2, 0) is 4.74 Å². The molecule has 0 radical (unpaired) electrons. The number of nitrogens with zero attached hydrogens (tertiary/aromatic N) is 2. The Bertz CT molecular complexity index is 885. The van der Waals surface area contributed by atoms with Crippen LogP contribution in [0.2, 0.25) is 0 Å². The monoisotopic (exact) mass is 294 g/mol. The molecule has 0 fully saturated rings. The van der Waals surface area contributed by atoms with E-state index in [2.05, 4.69) is 4.98 Å². The van der Waals surface area contributed by atoms with E-state index in [0.717, 1.165) is 0 Å². The van der Waals surface area contributed by atoms with Crippen LogP contribution in [0.4, 0.5) is 0 Å². The summed E-state index contributed by atoms with van der Waals surface area (Å²) in [5.74, 6) is -0.455. The van der Waals surface area contributed by atoms with Crippen molar-refractivity contribution >= 4 is 11.5 Å². The van der Waals surface area contributed by atoms with Crippen LogP contribution < -0.4 is 5.56 Å². The van der Waals surface area contributed by atoms with E-state index in [9.17, 15) is 9.59 Å². The Labute approximate surface area is 126 Å². The normalized spacial score (nSPS) is 10.6. The minimum absolute atomic E-state index is 0.220. The second kappa shape index (κ2) is 5.81. The molecule has 0 aliphatic rings. The molecule has 0 unspecified atom stereocenters. The van der Waals surface area contributed by atoms with Gasteiger partial charge in [-0.1, -0.05) is 12.1 Å². The van der Waals surface area contributed by atoms with Crippen LogP contribution in [0.25, 0.3) is 16.8 Å². The number of pyridine rings is 3. The summed E-state index contributed by atoms with van der Waals surface area (Å²) in [4.78, 5) is 29.0. The Balaban J connectivity index is 2.33. The summed E-state index contributed by atoms with van der Waals surface area (Å²) in [7, 11) is 0. The minimum Gasteiger partial charge on any atom is -0.462 e. The van der Waals surface area contributed by atoms with Gasteiger partial charge in [0.1, 0.15) is 0 Å². The lowest BCUT2D eigenvalue weighted by atomic mass is 10.1. The average molecular weight is 294 g/mol. The number of ether oxygens (including phenoxy) is 1. The number of hydrogen-bond donors (Lipinski definition) is 0. The molecule has 3 aromatic rings. The maximum atomic E-state index is 12.6. The Kier molecular flexibility index (Phi) is 3.70. The van der Waals surface area contributed by atoms with E-state index in [1.165, 1.54) is 4.40 Å². The lowest BCUT2D eigenvalue weighted by Gasteiger charge is -2.10. The molecule has 22 heavy (non-hydrogen) atoms. The van der Waals surface area contributed by atoms with Crippen LogP contribution in [0.15, 0.2) is 59.7 Å². The van der Waals surface area contributed by atoms with Crippen LogP contribution >= 0.6 is 0 Å². The molecular weight excluding hydrogens is 280 g/mol. The van der Waals surface area contributed by atoms with Gasteiger partial charge in [-0.15, -0.1) is 0 Å². The van der Waals surface area contributed by atoms with Crippen molar-refractivity contribution in [3.05, 3.63) is 70.8 Å². The topological polar surface area (TPSA) is 60.7 Å². The van der Waals surface area contributed by atoms with Gasteiger partial charge in [0.15, 0.2) is 0 Å². The predicted molar refractivity (Wildman–Crippen MR) is 82.9 cm³/mol. The summed E-state index contributed by atoms with van der Waals surface area (Å²) in [6.45, 7) is 2.02. The maximum absolute atomic E-state index is 12.6. The van der Waals surface area contributed by atoms with Crippen molar-refractivity contribution in [3.8, 4) is 11.3 Å². The van der Waals surface area contributed by atoms with Crippen molar-refractivity contribution in [1.82, 2.24) is 9.38 Å². The fourth-order valence-corrected chi connectivity index (χ4v) is 2.33. The molecule has 0 spiro atoms. The van der Waals surface area contributed by atoms with Crippen molar-refractivity contribution in [2.75, 3.05) is 6.61 Å². The SMILES string of the molecule is CCOC(=O)c1cc(-c2ccccn2)c(=O)n2ccccc12. The van der Waals surface area contributed by atoms with E-state index in [1.807, 2.05) is 0 Å². The molecule has 0 atom stereocenters. The molecule has 0 aromatic carbocycles. The first-order valence-corrected chi connectivity index (χ1v) is 6.95. The Hall–Kier alpha value is -2.95. The van der Waals surface area contributed by atoms with Crippen LogP contribution in [-0.4, -0.2) is 22.0 Å². The first-order chi connectivity index (χ1) is 10.7. The fraction of sp³-hybridized carbons (Fsp3) is 0.118. The van der Waals surface area contributed by atoms with Gasteiger partial charge in [-0.2, -0.15) is 0 Å². The minimum atomic E-state index is -0.455. The van der Waals surface area contributed by atoms with Crippen LogP contribution in [0.3, 0.4) is 0 Å². The Morgan fingerprint density at radius 2 is 2.05 bits per heavy atom. The van der Waals surface area contributed by atoms with Crippen molar-refractivity contribution in [2.24, 2.45) is 0 Å².